The predicted molar refractivity (Wildman–Crippen MR) is 64.1 cm³/mol. The van der Waals surface area contributed by atoms with Gasteiger partial charge in [-0.2, -0.15) is 0 Å². The van der Waals surface area contributed by atoms with Crippen LogP contribution in [0.25, 0.3) is 5.57 Å². The van der Waals surface area contributed by atoms with Crippen molar-refractivity contribution in [3.05, 3.63) is 40.9 Å². The molecule has 0 aromatic heterocycles. The quantitative estimate of drug-likeness (QED) is 0.700. The zero-order valence-corrected chi connectivity index (χ0v) is 9.84. The Hall–Kier alpha value is -0.790. The van der Waals surface area contributed by atoms with E-state index >= 15 is 0 Å². The maximum Gasteiger partial charge on any atom is 0.0671 e. The minimum atomic E-state index is -0.0519. The van der Waals surface area contributed by atoms with Gasteiger partial charge in [-0.25, -0.2) is 0 Å². The Bertz CT molecular complexity index is 376. The zero-order chi connectivity index (χ0) is 10.9. The third-order valence-corrected chi connectivity index (χ3v) is 2.89. The molecule has 1 heterocycles. The molecule has 0 aliphatic carbocycles. The van der Waals surface area contributed by atoms with Gasteiger partial charge in [0.2, 0.25) is 0 Å². The fraction of sp³-hybridized carbons (Fsp3) is 0.385. The van der Waals surface area contributed by atoms with Crippen molar-refractivity contribution in [2.24, 2.45) is 0 Å². The Kier molecular flexibility index (Phi) is 2.85. The summed E-state index contributed by atoms with van der Waals surface area (Å²) in [7, 11) is 0. The Labute approximate surface area is 95.7 Å². The summed E-state index contributed by atoms with van der Waals surface area (Å²) in [5, 5.41) is 0.783. The molecule has 15 heavy (non-hydrogen) atoms. The van der Waals surface area contributed by atoms with Crippen LogP contribution < -0.4 is 0 Å². The third kappa shape index (κ3) is 2.61. The molecule has 0 atom stereocenters. The Morgan fingerprint density at radius 1 is 1.20 bits per heavy atom. The van der Waals surface area contributed by atoms with Crippen LogP contribution in [0.2, 0.25) is 5.02 Å². The smallest absolute Gasteiger partial charge is 0.0671 e. The molecule has 0 unspecified atom stereocenters. The van der Waals surface area contributed by atoms with Crippen LogP contribution in [0.3, 0.4) is 0 Å². The van der Waals surface area contributed by atoms with Crippen molar-refractivity contribution in [3.8, 4) is 0 Å². The number of rotatable bonds is 1. The average molecular weight is 223 g/mol. The highest BCUT2D eigenvalue weighted by molar-refractivity contribution is 6.30. The van der Waals surface area contributed by atoms with Crippen molar-refractivity contribution < 1.29 is 4.74 Å². The van der Waals surface area contributed by atoms with Crippen LogP contribution in [0.5, 0.6) is 0 Å². The molecule has 0 spiro atoms. The van der Waals surface area contributed by atoms with Gasteiger partial charge in [0.15, 0.2) is 0 Å². The SMILES string of the molecule is CC1(C)CC(c2ccc(Cl)cc2)=CCO1. The second-order valence-electron chi connectivity index (χ2n) is 4.48. The van der Waals surface area contributed by atoms with Crippen LogP contribution in [0, 0.1) is 0 Å². The van der Waals surface area contributed by atoms with Crippen molar-refractivity contribution in [1.29, 1.82) is 0 Å². The summed E-state index contributed by atoms with van der Waals surface area (Å²) in [6.07, 6.45) is 3.10. The topological polar surface area (TPSA) is 9.23 Å². The second-order valence-corrected chi connectivity index (χ2v) is 4.92. The predicted octanol–water partition coefficient (Wildman–Crippen LogP) is 3.92. The fourth-order valence-corrected chi connectivity index (χ4v) is 1.96. The summed E-state index contributed by atoms with van der Waals surface area (Å²) in [4.78, 5) is 0. The molecule has 1 nitrogen and oxygen atoms in total. The highest BCUT2D eigenvalue weighted by Crippen LogP contribution is 2.31. The van der Waals surface area contributed by atoms with Crippen molar-refractivity contribution in [1.82, 2.24) is 0 Å². The Morgan fingerprint density at radius 2 is 1.87 bits per heavy atom. The van der Waals surface area contributed by atoms with E-state index in [-0.39, 0.29) is 5.60 Å². The highest BCUT2D eigenvalue weighted by atomic mass is 35.5. The molecule has 1 aromatic rings. The third-order valence-electron chi connectivity index (χ3n) is 2.63. The van der Waals surface area contributed by atoms with E-state index < -0.39 is 0 Å². The van der Waals surface area contributed by atoms with Crippen LogP contribution in [0.1, 0.15) is 25.8 Å². The molecule has 0 fully saturated rings. The Morgan fingerprint density at radius 3 is 2.47 bits per heavy atom. The molecule has 1 aromatic carbocycles. The van der Waals surface area contributed by atoms with Crippen molar-refractivity contribution in [3.63, 3.8) is 0 Å². The van der Waals surface area contributed by atoms with Crippen molar-refractivity contribution in [2.75, 3.05) is 6.61 Å². The van der Waals surface area contributed by atoms with E-state index in [9.17, 15) is 0 Å². The molecule has 0 N–H and O–H groups in total. The summed E-state index contributed by atoms with van der Waals surface area (Å²) in [6, 6.07) is 7.99. The first-order chi connectivity index (χ1) is 7.07. The summed E-state index contributed by atoms with van der Waals surface area (Å²) < 4.78 is 5.64. The molecule has 0 amide bonds. The first kappa shape index (κ1) is 10.7. The summed E-state index contributed by atoms with van der Waals surface area (Å²) in [5.74, 6) is 0. The van der Waals surface area contributed by atoms with E-state index in [1.54, 1.807) is 0 Å². The molecule has 1 aliphatic rings. The number of ether oxygens (including phenoxy) is 1. The molecule has 0 saturated heterocycles. The zero-order valence-electron chi connectivity index (χ0n) is 9.09. The lowest BCUT2D eigenvalue weighted by Crippen LogP contribution is -2.28. The van der Waals surface area contributed by atoms with Crippen molar-refractivity contribution in [2.45, 2.75) is 25.9 Å². The summed E-state index contributed by atoms with van der Waals surface area (Å²) in [6.45, 7) is 4.94. The summed E-state index contributed by atoms with van der Waals surface area (Å²) >= 11 is 5.86. The van der Waals surface area contributed by atoms with Gasteiger partial charge in [-0.05, 0) is 37.1 Å². The Balaban J connectivity index is 2.24. The maximum absolute atomic E-state index is 5.86. The molecule has 0 bridgehead atoms. The van der Waals surface area contributed by atoms with Gasteiger partial charge in [-0.1, -0.05) is 29.8 Å². The van der Waals surface area contributed by atoms with E-state index in [0.717, 1.165) is 11.4 Å². The van der Waals surface area contributed by atoms with Crippen LogP contribution in [-0.2, 0) is 4.74 Å². The van der Waals surface area contributed by atoms with Crippen LogP contribution in [0.15, 0.2) is 30.3 Å². The van der Waals surface area contributed by atoms with Crippen LogP contribution in [0.4, 0.5) is 0 Å². The van der Waals surface area contributed by atoms with E-state index in [1.807, 2.05) is 12.1 Å². The lowest BCUT2D eigenvalue weighted by atomic mass is 9.91. The number of hydrogen-bond acceptors (Lipinski definition) is 1. The van der Waals surface area contributed by atoms with Crippen LogP contribution in [-0.4, -0.2) is 12.2 Å². The van der Waals surface area contributed by atoms with Crippen LogP contribution >= 0.6 is 11.6 Å². The lowest BCUT2D eigenvalue weighted by molar-refractivity contribution is -0.00298. The van der Waals surface area contributed by atoms with Gasteiger partial charge in [-0.3, -0.25) is 0 Å². The summed E-state index contributed by atoms with van der Waals surface area (Å²) in [5.41, 5.74) is 2.54. The highest BCUT2D eigenvalue weighted by Gasteiger charge is 2.23. The van der Waals surface area contributed by atoms with Gasteiger partial charge >= 0.3 is 0 Å². The largest absolute Gasteiger partial charge is 0.371 e. The molecule has 1 aliphatic heterocycles. The van der Waals surface area contributed by atoms with Gasteiger partial charge < -0.3 is 4.74 Å². The molecule has 2 heteroatoms. The number of hydrogen-bond donors (Lipinski definition) is 0. The molecular formula is C13H15ClO. The van der Waals surface area contributed by atoms with E-state index in [0.29, 0.717) is 6.61 Å². The normalized spacial score (nSPS) is 19.8. The second kappa shape index (κ2) is 3.99. The molecular weight excluding hydrogens is 208 g/mol. The van der Waals surface area contributed by atoms with E-state index in [4.69, 9.17) is 16.3 Å². The van der Waals surface area contributed by atoms with Gasteiger partial charge in [0, 0.05) is 11.4 Å². The number of benzene rings is 1. The van der Waals surface area contributed by atoms with Gasteiger partial charge in [0.05, 0.1) is 12.2 Å². The minimum absolute atomic E-state index is 0.0519. The maximum atomic E-state index is 5.86. The fourth-order valence-electron chi connectivity index (χ4n) is 1.83. The van der Waals surface area contributed by atoms with Crippen molar-refractivity contribution >= 4 is 17.2 Å². The molecule has 2 rings (SSSR count). The minimum Gasteiger partial charge on any atom is -0.371 e. The van der Waals surface area contributed by atoms with Gasteiger partial charge in [0.25, 0.3) is 0 Å². The lowest BCUT2D eigenvalue weighted by Gasteiger charge is -2.30. The van der Waals surface area contributed by atoms with E-state index in [1.165, 1.54) is 11.1 Å². The monoisotopic (exact) mass is 222 g/mol. The average Bonchev–Trinajstić information content (AvgIpc) is 2.17. The first-order valence-corrected chi connectivity index (χ1v) is 5.54. The van der Waals surface area contributed by atoms with Gasteiger partial charge in [-0.15, -0.1) is 0 Å². The van der Waals surface area contributed by atoms with E-state index in [2.05, 4.69) is 32.1 Å². The standard InChI is InChI=1S/C13H15ClO/c1-13(2)9-11(7-8-15-13)10-3-5-12(14)6-4-10/h3-7H,8-9H2,1-2H3. The van der Waals surface area contributed by atoms with Gasteiger partial charge in [0.1, 0.15) is 0 Å². The molecule has 0 radical (unpaired) electrons. The number of halogens is 1. The molecule has 80 valence electrons. The molecule has 0 saturated carbocycles. The first-order valence-electron chi connectivity index (χ1n) is 5.16.